The van der Waals surface area contributed by atoms with Crippen LogP contribution in [0.3, 0.4) is 0 Å². The number of amides is 1. The summed E-state index contributed by atoms with van der Waals surface area (Å²) in [7, 11) is 0. The topological polar surface area (TPSA) is 32.3 Å². The molecule has 1 aromatic carbocycles. The van der Waals surface area contributed by atoms with E-state index in [-0.39, 0.29) is 23.0 Å². The molecule has 2 aliphatic rings. The Morgan fingerprint density at radius 1 is 1.09 bits per heavy atom. The average molecular weight is 365 g/mol. The van der Waals surface area contributed by atoms with Crippen LogP contribution in [0.2, 0.25) is 5.02 Å². The molecular formula is C16H20Cl2F2N2O. The molecule has 0 saturated carbocycles. The number of halogens is 4. The van der Waals surface area contributed by atoms with Crippen LogP contribution in [0.15, 0.2) is 12.1 Å². The first-order valence-electron chi connectivity index (χ1n) is 7.65. The molecule has 2 fully saturated rings. The van der Waals surface area contributed by atoms with Crippen molar-refractivity contribution in [2.75, 3.05) is 26.2 Å². The van der Waals surface area contributed by atoms with Crippen molar-refractivity contribution in [2.24, 2.45) is 5.41 Å². The lowest BCUT2D eigenvalue weighted by atomic mass is 9.71. The third kappa shape index (κ3) is 3.78. The highest BCUT2D eigenvalue weighted by Crippen LogP contribution is 2.39. The van der Waals surface area contributed by atoms with Crippen LogP contribution in [0.5, 0.6) is 0 Å². The van der Waals surface area contributed by atoms with Crippen LogP contribution >= 0.6 is 24.0 Å². The number of benzene rings is 1. The van der Waals surface area contributed by atoms with E-state index in [4.69, 9.17) is 11.6 Å². The SMILES string of the molecule is Cl.O=C(c1cc(F)c(Cl)cc1F)N1CCC2(CCNCC2)CC1. The third-order valence-corrected chi connectivity index (χ3v) is 5.31. The number of hydrogen-bond donors (Lipinski definition) is 1. The van der Waals surface area contributed by atoms with E-state index in [0.29, 0.717) is 18.5 Å². The molecule has 3 nitrogen and oxygen atoms in total. The van der Waals surface area contributed by atoms with Crippen molar-refractivity contribution in [3.63, 3.8) is 0 Å². The lowest BCUT2D eigenvalue weighted by Gasteiger charge is -2.44. The average Bonchev–Trinajstić information content (AvgIpc) is 2.52. The van der Waals surface area contributed by atoms with Crippen LogP contribution in [0, 0.1) is 17.0 Å². The van der Waals surface area contributed by atoms with Gasteiger partial charge in [0.25, 0.3) is 5.91 Å². The zero-order chi connectivity index (χ0) is 15.7. The minimum absolute atomic E-state index is 0. The van der Waals surface area contributed by atoms with Gasteiger partial charge in [-0.25, -0.2) is 8.78 Å². The minimum atomic E-state index is -0.766. The van der Waals surface area contributed by atoms with Gasteiger partial charge in [0.15, 0.2) is 0 Å². The maximum atomic E-state index is 13.9. The van der Waals surface area contributed by atoms with E-state index in [1.54, 1.807) is 4.90 Å². The molecule has 1 aromatic rings. The maximum Gasteiger partial charge on any atom is 0.256 e. The first kappa shape index (κ1) is 18.4. The van der Waals surface area contributed by atoms with Crippen molar-refractivity contribution < 1.29 is 13.6 Å². The van der Waals surface area contributed by atoms with Crippen LogP contribution in [-0.4, -0.2) is 37.0 Å². The molecule has 2 aliphatic heterocycles. The van der Waals surface area contributed by atoms with Gasteiger partial charge in [0.05, 0.1) is 10.6 Å². The zero-order valence-electron chi connectivity index (χ0n) is 12.7. The fourth-order valence-electron chi connectivity index (χ4n) is 3.50. The second kappa shape index (κ2) is 7.32. The molecule has 0 unspecified atom stereocenters. The second-order valence-electron chi connectivity index (χ2n) is 6.29. The van der Waals surface area contributed by atoms with E-state index in [1.807, 2.05) is 0 Å². The Balaban J connectivity index is 0.00000192. The predicted octanol–water partition coefficient (Wildman–Crippen LogP) is 3.65. The quantitative estimate of drug-likeness (QED) is 0.771. The Kier molecular flexibility index (Phi) is 5.87. The van der Waals surface area contributed by atoms with E-state index in [0.717, 1.165) is 50.9 Å². The summed E-state index contributed by atoms with van der Waals surface area (Å²) in [4.78, 5) is 14.0. The summed E-state index contributed by atoms with van der Waals surface area (Å²) in [5, 5.41) is 3.05. The van der Waals surface area contributed by atoms with Crippen LogP contribution in [-0.2, 0) is 0 Å². The van der Waals surface area contributed by atoms with Gasteiger partial charge in [0, 0.05) is 13.1 Å². The van der Waals surface area contributed by atoms with Gasteiger partial charge in [-0.3, -0.25) is 4.79 Å². The van der Waals surface area contributed by atoms with E-state index >= 15 is 0 Å². The molecule has 1 N–H and O–H groups in total. The number of likely N-dealkylation sites (tertiary alicyclic amines) is 1. The largest absolute Gasteiger partial charge is 0.339 e. The lowest BCUT2D eigenvalue weighted by molar-refractivity contribution is 0.0491. The number of carbonyl (C=O) groups is 1. The molecule has 0 aliphatic carbocycles. The molecule has 0 radical (unpaired) electrons. The molecule has 1 amide bonds. The van der Waals surface area contributed by atoms with Gasteiger partial charge in [0.1, 0.15) is 11.6 Å². The summed E-state index contributed by atoms with van der Waals surface area (Å²) in [5.41, 5.74) is 0.0781. The molecule has 7 heteroatoms. The second-order valence-corrected chi connectivity index (χ2v) is 6.70. The Morgan fingerprint density at radius 3 is 2.30 bits per heavy atom. The predicted molar refractivity (Wildman–Crippen MR) is 88.3 cm³/mol. The fourth-order valence-corrected chi connectivity index (χ4v) is 3.65. The van der Waals surface area contributed by atoms with Crippen LogP contribution in [0.1, 0.15) is 36.0 Å². The normalized spacial score (nSPS) is 20.2. The molecule has 0 aromatic heterocycles. The van der Waals surface area contributed by atoms with Gasteiger partial charge < -0.3 is 10.2 Å². The Labute approximate surface area is 145 Å². The first-order chi connectivity index (χ1) is 10.5. The summed E-state index contributed by atoms with van der Waals surface area (Å²) in [6, 6.07) is 1.76. The molecule has 0 atom stereocenters. The number of carbonyl (C=O) groups excluding carboxylic acids is 1. The van der Waals surface area contributed by atoms with E-state index in [1.165, 1.54) is 0 Å². The molecule has 0 bridgehead atoms. The summed E-state index contributed by atoms with van der Waals surface area (Å²) in [5.74, 6) is -1.98. The van der Waals surface area contributed by atoms with Crippen molar-refractivity contribution >= 4 is 29.9 Å². The number of nitrogens with zero attached hydrogens (tertiary/aromatic N) is 1. The van der Waals surface area contributed by atoms with Crippen LogP contribution in [0.25, 0.3) is 0 Å². The molecule has 23 heavy (non-hydrogen) atoms. The van der Waals surface area contributed by atoms with Gasteiger partial charge in [-0.1, -0.05) is 11.6 Å². The summed E-state index contributed by atoms with van der Waals surface area (Å²) in [6.07, 6.45) is 4.11. The fraction of sp³-hybridized carbons (Fsp3) is 0.562. The number of piperidine rings is 2. The highest BCUT2D eigenvalue weighted by molar-refractivity contribution is 6.30. The monoisotopic (exact) mass is 364 g/mol. The Hall–Kier alpha value is -0.910. The summed E-state index contributed by atoms with van der Waals surface area (Å²) >= 11 is 5.53. The lowest BCUT2D eigenvalue weighted by Crippen LogP contribution is -2.47. The van der Waals surface area contributed by atoms with Crippen molar-refractivity contribution in [3.05, 3.63) is 34.4 Å². The van der Waals surface area contributed by atoms with Crippen molar-refractivity contribution in [1.29, 1.82) is 0 Å². The smallest absolute Gasteiger partial charge is 0.256 e. The number of nitrogens with one attached hydrogen (secondary N) is 1. The maximum absolute atomic E-state index is 13.9. The van der Waals surface area contributed by atoms with Gasteiger partial charge >= 0.3 is 0 Å². The Morgan fingerprint density at radius 2 is 1.70 bits per heavy atom. The summed E-state index contributed by atoms with van der Waals surface area (Å²) in [6.45, 7) is 3.24. The molecule has 1 spiro atoms. The molecule has 128 valence electrons. The van der Waals surface area contributed by atoms with Crippen molar-refractivity contribution in [3.8, 4) is 0 Å². The molecule has 2 saturated heterocycles. The van der Waals surface area contributed by atoms with E-state index < -0.39 is 17.5 Å². The van der Waals surface area contributed by atoms with Gasteiger partial charge in [-0.05, 0) is 56.3 Å². The van der Waals surface area contributed by atoms with Crippen molar-refractivity contribution in [2.45, 2.75) is 25.7 Å². The van der Waals surface area contributed by atoms with Crippen LogP contribution in [0.4, 0.5) is 8.78 Å². The first-order valence-corrected chi connectivity index (χ1v) is 8.03. The zero-order valence-corrected chi connectivity index (χ0v) is 14.3. The standard InChI is InChI=1S/C16H19ClF2N2O.ClH/c17-12-10-13(18)11(9-14(12)19)15(22)21-7-3-16(4-8-21)1-5-20-6-2-16;/h9-10,20H,1-8H2;1H. The number of rotatable bonds is 1. The Bertz CT molecular complexity index is 582. The van der Waals surface area contributed by atoms with E-state index in [2.05, 4.69) is 5.32 Å². The molecule has 2 heterocycles. The third-order valence-electron chi connectivity index (χ3n) is 5.02. The highest BCUT2D eigenvalue weighted by Gasteiger charge is 2.37. The highest BCUT2D eigenvalue weighted by atomic mass is 35.5. The number of hydrogen-bond acceptors (Lipinski definition) is 2. The van der Waals surface area contributed by atoms with Gasteiger partial charge in [-0.2, -0.15) is 0 Å². The van der Waals surface area contributed by atoms with E-state index in [9.17, 15) is 13.6 Å². The van der Waals surface area contributed by atoms with Gasteiger partial charge in [0.2, 0.25) is 0 Å². The molecule has 3 rings (SSSR count). The van der Waals surface area contributed by atoms with Crippen LogP contribution < -0.4 is 5.32 Å². The summed E-state index contributed by atoms with van der Waals surface area (Å²) < 4.78 is 27.4. The minimum Gasteiger partial charge on any atom is -0.339 e. The molecular weight excluding hydrogens is 345 g/mol. The van der Waals surface area contributed by atoms with Gasteiger partial charge in [-0.15, -0.1) is 12.4 Å². The van der Waals surface area contributed by atoms with Crippen molar-refractivity contribution in [1.82, 2.24) is 10.2 Å².